The Kier molecular flexibility index (Phi) is 8.40. The number of methoxy groups -OCH3 is 1. The van der Waals surface area contributed by atoms with Crippen molar-refractivity contribution in [3.63, 3.8) is 0 Å². The molecule has 168 valence electrons. The van der Waals surface area contributed by atoms with Crippen molar-refractivity contribution in [1.82, 2.24) is 25.1 Å². The molecule has 2 N–H and O–H groups in total. The third-order valence-electron chi connectivity index (χ3n) is 4.36. The number of hydrogen-bond acceptors (Lipinski definition) is 8. The Balaban J connectivity index is 1.60. The Morgan fingerprint density at radius 2 is 2.06 bits per heavy atom. The molecule has 3 aromatic rings. The zero-order valence-electron chi connectivity index (χ0n) is 17.8. The maximum atomic E-state index is 12.5. The van der Waals surface area contributed by atoms with Gasteiger partial charge in [-0.1, -0.05) is 30.0 Å². The van der Waals surface area contributed by atoms with Crippen LogP contribution >= 0.6 is 23.1 Å². The van der Waals surface area contributed by atoms with Crippen molar-refractivity contribution in [3.05, 3.63) is 59.9 Å². The smallest absolute Gasteiger partial charge is 0.236 e. The van der Waals surface area contributed by atoms with Gasteiger partial charge in [-0.25, -0.2) is 4.98 Å². The topological polar surface area (TPSA) is 111 Å². The van der Waals surface area contributed by atoms with Gasteiger partial charge in [-0.05, 0) is 24.6 Å². The van der Waals surface area contributed by atoms with Crippen LogP contribution in [-0.2, 0) is 22.6 Å². The summed E-state index contributed by atoms with van der Waals surface area (Å²) in [4.78, 5) is 28.7. The van der Waals surface area contributed by atoms with Crippen LogP contribution in [0.4, 0.5) is 5.13 Å². The zero-order valence-corrected chi connectivity index (χ0v) is 19.4. The highest BCUT2D eigenvalue weighted by Crippen LogP contribution is 2.22. The number of allylic oxidation sites excluding steroid dienone is 1. The Hall–Kier alpha value is -3.18. The number of amides is 2. The van der Waals surface area contributed by atoms with E-state index in [4.69, 9.17) is 4.74 Å². The molecule has 0 radical (unpaired) electrons. The maximum absolute atomic E-state index is 12.5. The lowest BCUT2D eigenvalue weighted by atomic mass is 10.1. The molecule has 0 aliphatic carbocycles. The van der Waals surface area contributed by atoms with Crippen LogP contribution in [0.15, 0.2) is 53.7 Å². The molecule has 0 saturated heterocycles. The van der Waals surface area contributed by atoms with Gasteiger partial charge in [-0.2, -0.15) is 0 Å². The van der Waals surface area contributed by atoms with E-state index in [0.717, 1.165) is 11.3 Å². The minimum absolute atomic E-state index is 0.132. The molecule has 0 spiro atoms. The SMILES string of the molecule is C=CCn1c(SCC(=O)Nc2nccs2)nnc1C(C)NC(=O)Cc1ccc(OC)cc1. The molecule has 2 amide bonds. The summed E-state index contributed by atoms with van der Waals surface area (Å²) in [5, 5.41) is 17.1. The average molecular weight is 473 g/mol. The van der Waals surface area contributed by atoms with Gasteiger partial charge in [-0.3, -0.25) is 9.59 Å². The molecule has 2 aromatic heterocycles. The average Bonchev–Trinajstić information content (AvgIpc) is 3.43. The minimum atomic E-state index is -0.369. The number of nitrogens with zero attached hydrogens (tertiary/aromatic N) is 4. The van der Waals surface area contributed by atoms with Crippen LogP contribution in [0, 0.1) is 0 Å². The molecule has 1 atom stereocenters. The van der Waals surface area contributed by atoms with Gasteiger partial charge in [0.15, 0.2) is 16.1 Å². The van der Waals surface area contributed by atoms with Crippen molar-refractivity contribution in [1.29, 1.82) is 0 Å². The van der Waals surface area contributed by atoms with Crippen molar-refractivity contribution in [2.24, 2.45) is 0 Å². The van der Waals surface area contributed by atoms with Gasteiger partial charge in [0.05, 0.1) is 25.3 Å². The van der Waals surface area contributed by atoms with E-state index < -0.39 is 0 Å². The molecule has 2 heterocycles. The fourth-order valence-corrected chi connectivity index (χ4v) is 4.18. The summed E-state index contributed by atoms with van der Waals surface area (Å²) in [6.07, 6.45) is 3.59. The molecule has 9 nitrogen and oxygen atoms in total. The summed E-state index contributed by atoms with van der Waals surface area (Å²) >= 11 is 2.62. The highest BCUT2D eigenvalue weighted by molar-refractivity contribution is 7.99. The summed E-state index contributed by atoms with van der Waals surface area (Å²) < 4.78 is 6.98. The molecule has 0 saturated carbocycles. The van der Waals surface area contributed by atoms with Gasteiger partial charge < -0.3 is 19.9 Å². The molecular weight excluding hydrogens is 448 g/mol. The van der Waals surface area contributed by atoms with Gasteiger partial charge in [0, 0.05) is 18.1 Å². The fourth-order valence-electron chi connectivity index (χ4n) is 2.88. The second-order valence-electron chi connectivity index (χ2n) is 6.73. The number of aromatic nitrogens is 4. The number of benzene rings is 1. The second-order valence-corrected chi connectivity index (χ2v) is 8.57. The number of carbonyl (C=O) groups excluding carboxylic acids is 2. The Morgan fingerprint density at radius 1 is 1.28 bits per heavy atom. The van der Waals surface area contributed by atoms with Crippen molar-refractivity contribution < 1.29 is 14.3 Å². The van der Waals surface area contributed by atoms with Gasteiger partial charge in [0.2, 0.25) is 11.8 Å². The summed E-state index contributed by atoms with van der Waals surface area (Å²) in [5.41, 5.74) is 0.880. The van der Waals surface area contributed by atoms with Crippen molar-refractivity contribution >= 4 is 40.0 Å². The number of ether oxygens (including phenoxy) is 1. The van der Waals surface area contributed by atoms with Crippen LogP contribution in [0.5, 0.6) is 5.75 Å². The van der Waals surface area contributed by atoms with E-state index in [0.29, 0.717) is 22.7 Å². The number of thiazole rings is 1. The summed E-state index contributed by atoms with van der Waals surface area (Å²) in [6.45, 7) is 6.09. The monoisotopic (exact) mass is 472 g/mol. The number of hydrogen-bond donors (Lipinski definition) is 2. The molecule has 0 aliphatic rings. The van der Waals surface area contributed by atoms with Gasteiger partial charge in [0.25, 0.3) is 0 Å². The number of carbonyl (C=O) groups is 2. The Labute approximate surface area is 194 Å². The minimum Gasteiger partial charge on any atom is -0.497 e. The first-order valence-electron chi connectivity index (χ1n) is 9.78. The van der Waals surface area contributed by atoms with E-state index in [1.807, 2.05) is 35.8 Å². The number of rotatable bonds is 11. The Bertz CT molecular complexity index is 1050. The fraction of sp³-hybridized carbons (Fsp3) is 0.286. The van der Waals surface area contributed by atoms with Crippen molar-refractivity contribution in [2.45, 2.75) is 31.1 Å². The Morgan fingerprint density at radius 3 is 2.72 bits per heavy atom. The van der Waals surface area contributed by atoms with Crippen LogP contribution in [-0.4, -0.2) is 44.4 Å². The van der Waals surface area contributed by atoms with Crippen LogP contribution in [0.1, 0.15) is 24.4 Å². The highest BCUT2D eigenvalue weighted by Gasteiger charge is 2.20. The standard InChI is InChI=1S/C21H24N6O3S2/c1-4-10-27-19(14(2)23-17(28)12-15-5-7-16(30-3)8-6-15)25-26-21(27)32-13-18(29)24-20-22-9-11-31-20/h4-9,11,14H,1,10,12-13H2,2-3H3,(H,23,28)(H,22,24,29). The van der Waals surface area contributed by atoms with E-state index in [2.05, 4.69) is 32.4 Å². The van der Waals surface area contributed by atoms with Crippen LogP contribution in [0.25, 0.3) is 0 Å². The third-order valence-corrected chi connectivity index (χ3v) is 6.01. The maximum Gasteiger partial charge on any atom is 0.236 e. The molecule has 11 heteroatoms. The predicted molar refractivity (Wildman–Crippen MR) is 125 cm³/mol. The molecule has 0 bridgehead atoms. The third kappa shape index (κ3) is 6.41. The molecule has 3 rings (SSSR count). The number of nitrogens with one attached hydrogen (secondary N) is 2. The quantitative estimate of drug-likeness (QED) is 0.326. The lowest BCUT2D eigenvalue weighted by Gasteiger charge is -2.15. The second kappa shape index (κ2) is 11.4. The van der Waals surface area contributed by atoms with Gasteiger partial charge in [-0.15, -0.1) is 28.1 Å². The molecule has 0 fully saturated rings. The number of anilines is 1. The van der Waals surface area contributed by atoms with E-state index in [1.54, 1.807) is 24.8 Å². The molecule has 1 aromatic carbocycles. The van der Waals surface area contributed by atoms with Crippen molar-refractivity contribution in [2.75, 3.05) is 18.2 Å². The van der Waals surface area contributed by atoms with Crippen molar-refractivity contribution in [3.8, 4) is 5.75 Å². The number of thioether (sulfide) groups is 1. The first-order valence-corrected chi connectivity index (χ1v) is 11.6. The van der Waals surface area contributed by atoms with Crippen LogP contribution < -0.4 is 15.4 Å². The lowest BCUT2D eigenvalue weighted by Crippen LogP contribution is -2.30. The zero-order chi connectivity index (χ0) is 22.9. The first kappa shape index (κ1) is 23.5. The summed E-state index contributed by atoms with van der Waals surface area (Å²) in [6, 6.07) is 6.98. The van der Waals surface area contributed by atoms with Gasteiger partial charge >= 0.3 is 0 Å². The van der Waals surface area contributed by atoms with E-state index in [-0.39, 0.29) is 30.0 Å². The summed E-state index contributed by atoms with van der Waals surface area (Å²) in [5.74, 6) is 1.18. The lowest BCUT2D eigenvalue weighted by molar-refractivity contribution is -0.121. The largest absolute Gasteiger partial charge is 0.497 e. The van der Waals surface area contributed by atoms with Gasteiger partial charge in [0.1, 0.15) is 5.75 Å². The normalized spacial score (nSPS) is 11.6. The van der Waals surface area contributed by atoms with Crippen LogP contribution in [0.3, 0.4) is 0 Å². The molecule has 0 aliphatic heterocycles. The molecule has 1 unspecified atom stereocenters. The predicted octanol–water partition coefficient (Wildman–Crippen LogP) is 3.08. The van der Waals surface area contributed by atoms with Crippen LogP contribution in [0.2, 0.25) is 0 Å². The summed E-state index contributed by atoms with van der Waals surface area (Å²) in [7, 11) is 1.60. The van der Waals surface area contributed by atoms with E-state index in [9.17, 15) is 9.59 Å². The highest BCUT2D eigenvalue weighted by atomic mass is 32.2. The van der Waals surface area contributed by atoms with E-state index in [1.165, 1.54) is 23.1 Å². The first-order chi connectivity index (χ1) is 15.5. The molecule has 32 heavy (non-hydrogen) atoms. The van der Waals surface area contributed by atoms with E-state index >= 15 is 0 Å². The molecular formula is C21H24N6O3S2.